The summed E-state index contributed by atoms with van der Waals surface area (Å²) in [5, 5.41) is 8.65. The van der Waals surface area contributed by atoms with Crippen molar-refractivity contribution >= 4 is 18.2 Å². The molecule has 3 rings (SSSR count). The molecule has 1 saturated heterocycles. The topological polar surface area (TPSA) is 126 Å². The lowest BCUT2D eigenvalue weighted by Gasteiger charge is -2.27. The highest BCUT2D eigenvalue weighted by Crippen LogP contribution is 2.23. The zero-order valence-electron chi connectivity index (χ0n) is 22.5. The van der Waals surface area contributed by atoms with Crippen molar-refractivity contribution in [3.8, 4) is 5.75 Å². The Balaban J connectivity index is 0.000000486. The van der Waals surface area contributed by atoms with Crippen LogP contribution in [0.2, 0.25) is 0 Å². The molecule has 2 heterocycles. The van der Waals surface area contributed by atoms with Gasteiger partial charge >= 0.3 is 0 Å². The molecule has 2 aliphatic heterocycles. The standard InChI is InChI=1S/C11H22N2O.C9H10O.C5H12N2O.CH3NO/c1-4-12-11(2,3)9-10(14)13-7-5-6-8-13;1-2-6-9-8(4-1)5-3-7-10-9;1-4(6-2)5(8)7-3;2-1-3/h12H,4-9H2,1-3H3;1-2,4,6H,3,5,7H2;4,6H,1-3H3,(H,7,8);1H,(H2,2,3). The number of nitrogens with two attached hydrogens (primary N) is 1. The first-order valence-corrected chi connectivity index (χ1v) is 12.4. The largest absolute Gasteiger partial charge is 0.493 e. The van der Waals surface area contributed by atoms with Gasteiger partial charge in [0.1, 0.15) is 5.75 Å². The van der Waals surface area contributed by atoms with Gasteiger partial charge in [-0.2, -0.15) is 0 Å². The Bertz CT molecular complexity index is 711. The number of likely N-dealkylation sites (tertiary alicyclic amines) is 1. The summed E-state index contributed by atoms with van der Waals surface area (Å²) in [5.41, 5.74) is 5.46. The van der Waals surface area contributed by atoms with Crippen LogP contribution in [0.5, 0.6) is 5.75 Å². The van der Waals surface area contributed by atoms with E-state index in [2.05, 4.69) is 54.6 Å². The Hall–Kier alpha value is -2.65. The number of aryl methyl sites for hydroxylation is 1. The molecule has 9 heteroatoms. The van der Waals surface area contributed by atoms with Gasteiger partial charge < -0.3 is 31.3 Å². The molecule has 0 aliphatic carbocycles. The van der Waals surface area contributed by atoms with Gasteiger partial charge in [0.05, 0.1) is 12.6 Å². The summed E-state index contributed by atoms with van der Waals surface area (Å²) >= 11 is 0. The van der Waals surface area contributed by atoms with E-state index in [0.29, 0.717) is 12.3 Å². The first-order chi connectivity index (χ1) is 16.6. The molecular formula is C26H47N5O4. The number of likely N-dealkylation sites (N-methyl/N-ethyl adjacent to an activating group) is 2. The molecule has 0 aromatic heterocycles. The number of benzene rings is 1. The molecule has 0 bridgehead atoms. The number of carbonyl (C=O) groups excluding carboxylic acids is 3. The summed E-state index contributed by atoms with van der Waals surface area (Å²) in [6.45, 7) is 11.8. The average Bonchev–Trinajstić information content (AvgIpc) is 3.39. The lowest BCUT2D eigenvalue weighted by molar-refractivity contribution is -0.131. The van der Waals surface area contributed by atoms with E-state index in [1.165, 1.54) is 24.8 Å². The third-order valence-electron chi connectivity index (χ3n) is 5.60. The number of ether oxygens (including phenoxy) is 1. The summed E-state index contributed by atoms with van der Waals surface area (Å²) in [7, 11) is 3.37. The lowest BCUT2D eigenvalue weighted by atomic mass is 10.00. The number of nitrogens with zero attached hydrogens (tertiary/aromatic N) is 1. The van der Waals surface area contributed by atoms with Crippen LogP contribution >= 0.6 is 0 Å². The predicted molar refractivity (Wildman–Crippen MR) is 141 cm³/mol. The molecule has 200 valence electrons. The van der Waals surface area contributed by atoms with Crippen LogP contribution in [-0.4, -0.2) is 75.0 Å². The third kappa shape index (κ3) is 14.4. The second kappa shape index (κ2) is 18.6. The first kappa shape index (κ1) is 32.4. The molecule has 0 spiro atoms. The number of fused-ring (bicyclic) bond motifs is 1. The second-order valence-electron chi connectivity index (χ2n) is 9.00. The van der Waals surface area contributed by atoms with Gasteiger partial charge in [-0.25, -0.2) is 0 Å². The zero-order chi connectivity index (χ0) is 26.7. The summed E-state index contributed by atoms with van der Waals surface area (Å²) in [6, 6.07) is 8.17. The quantitative estimate of drug-likeness (QED) is 0.448. The van der Waals surface area contributed by atoms with Crippen molar-refractivity contribution in [1.82, 2.24) is 20.9 Å². The van der Waals surface area contributed by atoms with Crippen molar-refractivity contribution in [3.63, 3.8) is 0 Å². The van der Waals surface area contributed by atoms with Gasteiger partial charge in [0, 0.05) is 32.1 Å². The van der Waals surface area contributed by atoms with Gasteiger partial charge in [-0.05, 0) is 71.7 Å². The molecule has 2 aliphatic rings. The molecule has 1 fully saturated rings. The maximum Gasteiger partial charge on any atom is 0.236 e. The number of nitrogens with one attached hydrogen (secondary N) is 3. The monoisotopic (exact) mass is 493 g/mol. The van der Waals surface area contributed by atoms with Crippen LogP contribution in [0.4, 0.5) is 0 Å². The maximum absolute atomic E-state index is 11.8. The van der Waals surface area contributed by atoms with Crippen molar-refractivity contribution in [2.45, 2.75) is 71.4 Å². The second-order valence-corrected chi connectivity index (χ2v) is 9.00. The zero-order valence-corrected chi connectivity index (χ0v) is 22.5. The first-order valence-electron chi connectivity index (χ1n) is 12.4. The Morgan fingerprint density at radius 2 is 1.77 bits per heavy atom. The Labute approximate surface area is 211 Å². The number of rotatable bonds is 6. The van der Waals surface area contributed by atoms with Gasteiger partial charge in [-0.3, -0.25) is 14.4 Å². The highest BCUT2D eigenvalue weighted by Gasteiger charge is 2.25. The number of hydrogen-bond donors (Lipinski definition) is 4. The number of carbonyl (C=O) groups is 3. The van der Waals surface area contributed by atoms with Crippen LogP contribution in [-0.2, 0) is 20.8 Å². The molecule has 3 amide bonds. The van der Waals surface area contributed by atoms with Crippen molar-refractivity contribution in [2.24, 2.45) is 5.73 Å². The van der Waals surface area contributed by atoms with Gasteiger partial charge in [-0.15, -0.1) is 0 Å². The van der Waals surface area contributed by atoms with Crippen molar-refractivity contribution in [1.29, 1.82) is 0 Å². The molecule has 1 unspecified atom stereocenters. The van der Waals surface area contributed by atoms with Crippen LogP contribution in [0.15, 0.2) is 24.3 Å². The van der Waals surface area contributed by atoms with E-state index in [1.807, 2.05) is 17.0 Å². The molecule has 5 N–H and O–H groups in total. The fraction of sp³-hybridized carbons (Fsp3) is 0.654. The Kier molecular flexibility index (Phi) is 17.2. The Morgan fingerprint density at radius 3 is 2.26 bits per heavy atom. The molecule has 9 nitrogen and oxygen atoms in total. The van der Waals surface area contributed by atoms with Crippen LogP contribution in [0, 0.1) is 0 Å². The van der Waals surface area contributed by atoms with Crippen molar-refractivity contribution in [2.75, 3.05) is 40.3 Å². The molecule has 1 aromatic rings. The average molecular weight is 494 g/mol. The van der Waals surface area contributed by atoms with E-state index in [1.54, 1.807) is 21.0 Å². The van der Waals surface area contributed by atoms with Crippen LogP contribution < -0.4 is 26.4 Å². The lowest BCUT2D eigenvalue weighted by Crippen LogP contribution is -2.44. The Morgan fingerprint density at radius 1 is 1.17 bits per heavy atom. The minimum atomic E-state index is -0.0833. The van der Waals surface area contributed by atoms with E-state index in [-0.39, 0.29) is 23.9 Å². The van der Waals surface area contributed by atoms with Crippen LogP contribution in [0.1, 0.15) is 58.9 Å². The summed E-state index contributed by atoms with van der Waals surface area (Å²) in [6.07, 6.45) is 5.55. The fourth-order valence-corrected chi connectivity index (χ4v) is 3.64. The summed E-state index contributed by atoms with van der Waals surface area (Å²) < 4.78 is 5.42. The highest BCUT2D eigenvalue weighted by molar-refractivity contribution is 5.80. The van der Waals surface area contributed by atoms with E-state index in [9.17, 15) is 9.59 Å². The predicted octanol–water partition coefficient (Wildman–Crippen LogP) is 1.84. The molecule has 1 aromatic carbocycles. The third-order valence-corrected chi connectivity index (χ3v) is 5.60. The summed E-state index contributed by atoms with van der Waals surface area (Å²) in [4.78, 5) is 33.0. The number of hydrogen-bond acceptors (Lipinski definition) is 6. The molecule has 35 heavy (non-hydrogen) atoms. The summed E-state index contributed by atoms with van der Waals surface area (Å²) in [5.74, 6) is 1.40. The normalized spacial score (nSPS) is 14.7. The van der Waals surface area contributed by atoms with Crippen molar-refractivity contribution in [3.05, 3.63) is 29.8 Å². The number of amides is 3. The van der Waals surface area contributed by atoms with E-state index >= 15 is 0 Å². The van der Waals surface area contributed by atoms with Crippen molar-refractivity contribution < 1.29 is 19.1 Å². The molecule has 1 atom stereocenters. The van der Waals surface area contributed by atoms with E-state index in [4.69, 9.17) is 9.53 Å². The van der Waals surface area contributed by atoms with E-state index < -0.39 is 0 Å². The van der Waals surface area contributed by atoms with Gasteiger partial charge in [0.15, 0.2) is 0 Å². The molecular weight excluding hydrogens is 446 g/mol. The minimum Gasteiger partial charge on any atom is -0.493 e. The smallest absolute Gasteiger partial charge is 0.236 e. The van der Waals surface area contributed by atoms with Crippen LogP contribution in [0.25, 0.3) is 0 Å². The fourth-order valence-electron chi connectivity index (χ4n) is 3.64. The van der Waals surface area contributed by atoms with Crippen LogP contribution in [0.3, 0.4) is 0 Å². The minimum absolute atomic E-state index is 0.0208. The highest BCUT2D eigenvalue weighted by atomic mass is 16.5. The number of para-hydroxylation sites is 1. The molecule has 0 saturated carbocycles. The van der Waals surface area contributed by atoms with Gasteiger partial charge in [0.2, 0.25) is 18.2 Å². The molecule has 0 radical (unpaired) electrons. The van der Waals surface area contributed by atoms with Gasteiger partial charge in [-0.1, -0.05) is 25.1 Å². The maximum atomic E-state index is 11.8. The van der Waals surface area contributed by atoms with E-state index in [0.717, 1.165) is 38.4 Å². The SMILES string of the molecule is CCNC(C)(C)CC(=O)N1CCCC1.CNC(=O)C(C)NC.NC=O.c1ccc2c(c1)CCCO2. The van der Waals surface area contributed by atoms with Gasteiger partial charge in [0.25, 0.3) is 0 Å². The number of primary amides is 1.